The van der Waals surface area contributed by atoms with E-state index in [1.807, 2.05) is 35.3 Å². The van der Waals surface area contributed by atoms with Crippen LogP contribution < -0.4 is 5.32 Å². The normalized spacial score (nSPS) is 14.2. The standard InChI is InChI=1S/C18H24N6OS/c1-13(2)12-19-18(26)23-11-7-10-22(23)17(25)16-14(3)20-24(21-16)15-8-5-4-6-9-15/h4-6,8-9,13H,7,10-12H2,1-3H3,(H,19,26). The quantitative estimate of drug-likeness (QED) is 0.830. The van der Waals surface area contributed by atoms with E-state index >= 15 is 0 Å². The first-order valence-corrected chi connectivity index (χ1v) is 9.24. The Morgan fingerprint density at radius 2 is 1.88 bits per heavy atom. The van der Waals surface area contributed by atoms with E-state index in [2.05, 4.69) is 29.4 Å². The van der Waals surface area contributed by atoms with Crippen LogP contribution in [0.4, 0.5) is 0 Å². The molecule has 1 amide bonds. The van der Waals surface area contributed by atoms with Crippen LogP contribution in [-0.4, -0.2) is 55.7 Å². The summed E-state index contributed by atoms with van der Waals surface area (Å²) in [5, 5.41) is 16.1. The third-order valence-corrected chi connectivity index (χ3v) is 4.49. The van der Waals surface area contributed by atoms with Crippen molar-refractivity contribution in [2.24, 2.45) is 5.92 Å². The first-order valence-electron chi connectivity index (χ1n) is 8.84. The monoisotopic (exact) mass is 372 g/mol. The molecule has 26 heavy (non-hydrogen) atoms. The van der Waals surface area contributed by atoms with Gasteiger partial charge < -0.3 is 5.32 Å². The molecule has 1 saturated heterocycles. The average molecular weight is 372 g/mol. The predicted octanol–water partition coefficient (Wildman–Crippen LogP) is 2.17. The highest BCUT2D eigenvalue weighted by molar-refractivity contribution is 7.80. The van der Waals surface area contributed by atoms with Crippen LogP contribution in [0.5, 0.6) is 0 Å². The van der Waals surface area contributed by atoms with Crippen molar-refractivity contribution in [1.82, 2.24) is 30.3 Å². The number of para-hydroxylation sites is 1. The minimum Gasteiger partial charge on any atom is -0.361 e. The molecule has 1 aromatic heterocycles. The molecule has 8 heteroatoms. The summed E-state index contributed by atoms with van der Waals surface area (Å²) in [5.74, 6) is 0.309. The van der Waals surface area contributed by atoms with Crippen molar-refractivity contribution in [2.75, 3.05) is 19.6 Å². The van der Waals surface area contributed by atoms with Crippen LogP contribution in [-0.2, 0) is 0 Å². The third kappa shape index (κ3) is 3.85. The molecular formula is C18H24N6OS. The number of amides is 1. The maximum Gasteiger partial charge on any atom is 0.294 e. The van der Waals surface area contributed by atoms with Gasteiger partial charge in [-0.05, 0) is 43.6 Å². The Bertz CT molecular complexity index is 788. The highest BCUT2D eigenvalue weighted by atomic mass is 32.1. The molecule has 0 atom stereocenters. The number of carbonyl (C=O) groups excluding carboxylic acids is 1. The summed E-state index contributed by atoms with van der Waals surface area (Å²) in [5.41, 5.74) is 1.78. The van der Waals surface area contributed by atoms with Crippen molar-refractivity contribution >= 4 is 23.2 Å². The van der Waals surface area contributed by atoms with Gasteiger partial charge in [-0.2, -0.15) is 9.90 Å². The number of nitrogens with one attached hydrogen (secondary N) is 1. The SMILES string of the molecule is Cc1nn(-c2ccccc2)nc1C(=O)N1CCCN1C(=S)NCC(C)C. The number of hydrazine groups is 1. The second-order valence-corrected chi connectivity index (χ2v) is 7.13. The lowest BCUT2D eigenvalue weighted by atomic mass is 10.2. The minimum atomic E-state index is -0.170. The van der Waals surface area contributed by atoms with Crippen molar-refractivity contribution in [1.29, 1.82) is 0 Å². The first kappa shape index (κ1) is 18.3. The summed E-state index contributed by atoms with van der Waals surface area (Å²) in [4.78, 5) is 14.5. The third-order valence-electron chi connectivity index (χ3n) is 4.13. The number of nitrogens with zero attached hydrogens (tertiary/aromatic N) is 5. The van der Waals surface area contributed by atoms with E-state index in [-0.39, 0.29) is 5.91 Å². The van der Waals surface area contributed by atoms with Gasteiger partial charge >= 0.3 is 0 Å². The molecule has 0 radical (unpaired) electrons. The van der Waals surface area contributed by atoms with Gasteiger partial charge in [0.25, 0.3) is 5.91 Å². The zero-order chi connectivity index (χ0) is 18.7. The van der Waals surface area contributed by atoms with Crippen LogP contribution in [0, 0.1) is 12.8 Å². The molecule has 138 valence electrons. The Kier molecular flexibility index (Phi) is 5.51. The van der Waals surface area contributed by atoms with Crippen LogP contribution in [0.25, 0.3) is 5.69 Å². The predicted molar refractivity (Wildman–Crippen MR) is 104 cm³/mol. The molecule has 7 nitrogen and oxygen atoms in total. The smallest absolute Gasteiger partial charge is 0.294 e. The van der Waals surface area contributed by atoms with E-state index in [4.69, 9.17) is 12.2 Å². The van der Waals surface area contributed by atoms with Gasteiger partial charge in [-0.15, -0.1) is 5.10 Å². The fraction of sp³-hybridized carbons (Fsp3) is 0.444. The molecule has 2 heterocycles. The topological polar surface area (TPSA) is 66.3 Å². The zero-order valence-corrected chi connectivity index (χ0v) is 16.2. The second-order valence-electron chi connectivity index (χ2n) is 6.74. The molecule has 0 bridgehead atoms. The lowest BCUT2D eigenvalue weighted by molar-refractivity contribution is 0.0484. The summed E-state index contributed by atoms with van der Waals surface area (Å²) < 4.78 is 0. The molecule has 1 aliphatic heterocycles. The van der Waals surface area contributed by atoms with E-state index in [0.29, 0.717) is 29.0 Å². The Hall–Kier alpha value is -2.48. The Balaban J connectivity index is 1.78. The lowest BCUT2D eigenvalue weighted by Gasteiger charge is -2.30. The lowest BCUT2D eigenvalue weighted by Crippen LogP contribution is -2.49. The molecule has 0 spiro atoms. The van der Waals surface area contributed by atoms with E-state index in [1.165, 1.54) is 4.80 Å². The van der Waals surface area contributed by atoms with Crippen LogP contribution in [0.1, 0.15) is 36.5 Å². The maximum atomic E-state index is 13.0. The number of hydrogen-bond donors (Lipinski definition) is 1. The molecule has 0 unspecified atom stereocenters. The van der Waals surface area contributed by atoms with Gasteiger partial charge in [0.05, 0.1) is 11.4 Å². The fourth-order valence-corrected chi connectivity index (χ4v) is 3.07. The molecule has 1 aliphatic rings. The molecule has 3 rings (SSSR count). The fourth-order valence-electron chi connectivity index (χ4n) is 2.79. The van der Waals surface area contributed by atoms with Crippen LogP contribution in [0.3, 0.4) is 0 Å². The summed E-state index contributed by atoms with van der Waals surface area (Å²) in [6, 6.07) is 9.56. The number of thiocarbonyl (C=S) groups is 1. The average Bonchev–Trinajstić information content (AvgIpc) is 3.27. The van der Waals surface area contributed by atoms with Crippen molar-refractivity contribution in [2.45, 2.75) is 27.2 Å². The molecule has 1 fully saturated rings. The molecule has 1 N–H and O–H groups in total. The number of hydrogen-bond acceptors (Lipinski definition) is 4. The van der Waals surface area contributed by atoms with Crippen molar-refractivity contribution < 1.29 is 4.79 Å². The van der Waals surface area contributed by atoms with Gasteiger partial charge in [0, 0.05) is 19.6 Å². The van der Waals surface area contributed by atoms with Gasteiger partial charge in [0.1, 0.15) is 0 Å². The minimum absolute atomic E-state index is 0.170. The van der Waals surface area contributed by atoms with Crippen molar-refractivity contribution in [3.63, 3.8) is 0 Å². The maximum absolute atomic E-state index is 13.0. The van der Waals surface area contributed by atoms with E-state index in [9.17, 15) is 4.79 Å². The van der Waals surface area contributed by atoms with Crippen LogP contribution >= 0.6 is 12.2 Å². The van der Waals surface area contributed by atoms with Crippen molar-refractivity contribution in [3.05, 3.63) is 41.7 Å². The van der Waals surface area contributed by atoms with Crippen molar-refractivity contribution in [3.8, 4) is 5.69 Å². The number of benzene rings is 1. The molecule has 2 aromatic rings. The highest BCUT2D eigenvalue weighted by Crippen LogP contribution is 2.17. The first-order chi connectivity index (χ1) is 12.5. The molecule has 1 aromatic carbocycles. The van der Waals surface area contributed by atoms with E-state index in [1.54, 1.807) is 11.9 Å². The summed E-state index contributed by atoms with van der Waals surface area (Å²) in [6.07, 6.45) is 0.876. The number of carbonyl (C=O) groups is 1. The Labute approximate surface area is 158 Å². The number of rotatable bonds is 4. The highest BCUT2D eigenvalue weighted by Gasteiger charge is 2.32. The summed E-state index contributed by atoms with van der Waals surface area (Å²) >= 11 is 5.47. The van der Waals surface area contributed by atoms with Gasteiger partial charge in [-0.3, -0.25) is 9.80 Å². The Morgan fingerprint density at radius 3 is 2.58 bits per heavy atom. The molecule has 0 saturated carbocycles. The number of aryl methyl sites for hydroxylation is 1. The van der Waals surface area contributed by atoms with Gasteiger partial charge in [0.15, 0.2) is 10.8 Å². The Morgan fingerprint density at radius 1 is 1.19 bits per heavy atom. The second kappa shape index (κ2) is 7.82. The molecule has 0 aliphatic carbocycles. The van der Waals surface area contributed by atoms with E-state index < -0.39 is 0 Å². The zero-order valence-electron chi connectivity index (χ0n) is 15.3. The largest absolute Gasteiger partial charge is 0.361 e. The van der Waals surface area contributed by atoms with Crippen LogP contribution in [0.15, 0.2) is 30.3 Å². The molecular weight excluding hydrogens is 348 g/mol. The number of aromatic nitrogens is 3. The van der Waals surface area contributed by atoms with Gasteiger partial charge in [-0.25, -0.2) is 5.01 Å². The van der Waals surface area contributed by atoms with E-state index in [0.717, 1.165) is 25.2 Å². The van der Waals surface area contributed by atoms with Gasteiger partial charge in [0.2, 0.25) is 0 Å². The summed E-state index contributed by atoms with van der Waals surface area (Å²) in [7, 11) is 0. The van der Waals surface area contributed by atoms with Crippen LogP contribution in [0.2, 0.25) is 0 Å². The summed E-state index contributed by atoms with van der Waals surface area (Å²) in [6.45, 7) is 8.17. The van der Waals surface area contributed by atoms with Gasteiger partial charge in [-0.1, -0.05) is 32.0 Å².